The lowest BCUT2D eigenvalue weighted by Gasteiger charge is -2.38. The zero-order valence-corrected chi connectivity index (χ0v) is 12.9. The lowest BCUT2D eigenvalue weighted by Crippen LogP contribution is -2.55. The summed E-state index contributed by atoms with van der Waals surface area (Å²) in [5, 5.41) is 22.1. The minimum Gasteiger partial charge on any atom is -0.481 e. The summed E-state index contributed by atoms with van der Waals surface area (Å²) in [6.07, 6.45) is 2.81. The first-order valence-electron chi connectivity index (χ1n) is 8.09. The maximum Gasteiger partial charge on any atom is 0.303 e. The van der Waals surface area contributed by atoms with Crippen LogP contribution in [-0.4, -0.2) is 71.5 Å². The fourth-order valence-electron chi connectivity index (χ4n) is 3.29. The smallest absolute Gasteiger partial charge is 0.303 e. The Morgan fingerprint density at radius 3 is 2.50 bits per heavy atom. The van der Waals surface area contributed by atoms with Gasteiger partial charge >= 0.3 is 5.97 Å². The average Bonchev–Trinajstić information content (AvgIpc) is 2.69. The number of rotatable bonds is 5. The number of carboxylic acid groups (broad SMARTS) is 1. The predicted molar refractivity (Wildman–Crippen MR) is 79.5 cm³/mol. The van der Waals surface area contributed by atoms with Crippen LogP contribution in [0.1, 0.15) is 38.5 Å². The number of nitrogens with zero attached hydrogens (tertiary/aromatic N) is 1. The lowest BCUT2D eigenvalue weighted by molar-refractivity contribution is -0.139. The fourth-order valence-corrected chi connectivity index (χ4v) is 3.29. The van der Waals surface area contributed by atoms with Gasteiger partial charge in [-0.2, -0.15) is 0 Å². The number of nitrogens with one attached hydrogen (secondary N) is 1. The molecule has 126 valence electrons. The molecule has 1 saturated carbocycles. The van der Waals surface area contributed by atoms with Gasteiger partial charge in [0.25, 0.3) is 0 Å². The normalized spacial score (nSPS) is 30.5. The van der Waals surface area contributed by atoms with Crippen molar-refractivity contribution < 1.29 is 24.5 Å². The Morgan fingerprint density at radius 1 is 1.14 bits per heavy atom. The van der Waals surface area contributed by atoms with E-state index in [-0.39, 0.29) is 30.8 Å². The van der Waals surface area contributed by atoms with Gasteiger partial charge in [-0.25, -0.2) is 0 Å². The number of carbonyl (C=O) groups excluding carboxylic acids is 1. The number of carboxylic acids is 1. The van der Waals surface area contributed by atoms with Crippen LogP contribution in [0.4, 0.5) is 0 Å². The molecule has 0 unspecified atom stereocenters. The zero-order valence-electron chi connectivity index (χ0n) is 12.9. The van der Waals surface area contributed by atoms with Crippen LogP contribution < -0.4 is 5.32 Å². The van der Waals surface area contributed by atoms with E-state index in [2.05, 4.69) is 10.2 Å². The molecule has 1 aliphatic carbocycles. The minimum absolute atomic E-state index is 0.0381. The number of aliphatic carboxylic acids is 1. The number of ether oxygens (including phenoxy) is 1. The van der Waals surface area contributed by atoms with E-state index >= 15 is 0 Å². The molecule has 1 amide bonds. The SMILES string of the molecule is O=C(O)CCC(=O)N[C@@H]1CCCC[C@@H](N2CCOCC2)[C@@H]1O. The summed E-state index contributed by atoms with van der Waals surface area (Å²) in [6.45, 7) is 2.97. The van der Waals surface area contributed by atoms with Gasteiger partial charge in [0.15, 0.2) is 0 Å². The van der Waals surface area contributed by atoms with Crippen LogP contribution in [0.25, 0.3) is 0 Å². The number of morpholine rings is 1. The van der Waals surface area contributed by atoms with Crippen LogP contribution in [0.3, 0.4) is 0 Å². The first-order valence-corrected chi connectivity index (χ1v) is 8.09. The Hall–Kier alpha value is -1.18. The molecular weight excluding hydrogens is 288 g/mol. The zero-order chi connectivity index (χ0) is 15.9. The molecule has 0 spiro atoms. The Balaban J connectivity index is 1.91. The molecule has 0 radical (unpaired) electrons. The van der Waals surface area contributed by atoms with Crippen molar-refractivity contribution >= 4 is 11.9 Å². The second kappa shape index (κ2) is 8.45. The third kappa shape index (κ3) is 4.93. The van der Waals surface area contributed by atoms with Gasteiger partial charge in [0.2, 0.25) is 5.91 Å². The Morgan fingerprint density at radius 2 is 1.82 bits per heavy atom. The number of aliphatic hydroxyl groups is 1. The van der Waals surface area contributed by atoms with E-state index in [0.29, 0.717) is 13.2 Å². The summed E-state index contributed by atoms with van der Waals surface area (Å²) >= 11 is 0. The monoisotopic (exact) mass is 314 g/mol. The van der Waals surface area contributed by atoms with Gasteiger partial charge in [0.05, 0.1) is 31.8 Å². The molecular formula is C15H26N2O5. The Kier molecular flexibility index (Phi) is 6.60. The van der Waals surface area contributed by atoms with Crippen molar-refractivity contribution in [2.75, 3.05) is 26.3 Å². The molecule has 0 bridgehead atoms. The van der Waals surface area contributed by atoms with Crippen molar-refractivity contribution in [1.29, 1.82) is 0 Å². The molecule has 2 aliphatic rings. The van der Waals surface area contributed by atoms with Gasteiger partial charge in [-0.3, -0.25) is 14.5 Å². The van der Waals surface area contributed by atoms with Gasteiger partial charge in [0.1, 0.15) is 0 Å². The van der Waals surface area contributed by atoms with Gasteiger partial charge < -0.3 is 20.3 Å². The maximum atomic E-state index is 11.8. The van der Waals surface area contributed by atoms with Crippen molar-refractivity contribution in [3.8, 4) is 0 Å². The van der Waals surface area contributed by atoms with Crippen LogP contribution in [-0.2, 0) is 14.3 Å². The molecule has 3 N–H and O–H groups in total. The highest BCUT2D eigenvalue weighted by molar-refractivity contribution is 5.80. The Bertz CT molecular complexity index is 384. The average molecular weight is 314 g/mol. The summed E-state index contributed by atoms with van der Waals surface area (Å²) in [4.78, 5) is 24.6. The summed E-state index contributed by atoms with van der Waals surface area (Å²) in [5.74, 6) is -1.28. The van der Waals surface area contributed by atoms with Crippen molar-refractivity contribution in [3.63, 3.8) is 0 Å². The van der Waals surface area contributed by atoms with Crippen LogP contribution >= 0.6 is 0 Å². The molecule has 0 aromatic carbocycles. The van der Waals surface area contributed by atoms with Crippen molar-refractivity contribution in [2.45, 2.75) is 56.7 Å². The largest absolute Gasteiger partial charge is 0.481 e. The molecule has 0 aromatic heterocycles. The molecule has 2 rings (SSSR count). The van der Waals surface area contributed by atoms with Gasteiger partial charge in [-0.1, -0.05) is 12.8 Å². The number of aliphatic hydroxyl groups excluding tert-OH is 1. The lowest BCUT2D eigenvalue weighted by atomic mass is 9.99. The van der Waals surface area contributed by atoms with E-state index in [1.165, 1.54) is 0 Å². The second-order valence-corrected chi connectivity index (χ2v) is 6.06. The maximum absolute atomic E-state index is 11.8. The molecule has 3 atom stereocenters. The standard InChI is InChI=1S/C15H26N2O5/c18-13(5-6-14(19)20)16-11-3-1-2-4-12(15(11)21)17-7-9-22-10-8-17/h11-12,15,21H,1-10H2,(H,16,18)(H,19,20)/t11-,12-,15-/m1/s1. The van der Waals surface area contributed by atoms with Crippen LogP contribution in [0.15, 0.2) is 0 Å². The number of hydrogen-bond donors (Lipinski definition) is 3. The molecule has 1 saturated heterocycles. The summed E-state index contributed by atoms with van der Waals surface area (Å²) < 4.78 is 5.35. The van der Waals surface area contributed by atoms with E-state index < -0.39 is 12.1 Å². The highest BCUT2D eigenvalue weighted by Crippen LogP contribution is 2.24. The Labute approximate surface area is 130 Å². The van der Waals surface area contributed by atoms with E-state index in [1.807, 2.05) is 0 Å². The summed E-state index contributed by atoms with van der Waals surface area (Å²) in [6, 6.07) is -0.257. The third-order valence-corrected chi connectivity index (χ3v) is 4.50. The number of carbonyl (C=O) groups is 2. The number of amides is 1. The third-order valence-electron chi connectivity index (χ3n) is 4.50. The van der Waals surface area contributed by atoms with E-state index in [0.717, 1.165) is 38.8 Å². The molecule has 7 heteroatoms. The highest BCUT2D eigenvalue weighted by Gasteiger charge is 2.35. The van der Waals surface area contributed by atoms with Crippen molar-refractivity contribution in [1.82, 2.24) is 10.2 Å². The topological polar surface area (TPSA) is 99.1 Å². The molecule has 22 heavy (non-hydrogen) atoms. The summed E-state index contributed by atoms with van der Waals surface area (Å²) in [7, 11) is 0. The van der Waals surface area contributed by atoms with E-state index in [4.69, 9.17) is 9.84 Å². The molecule has 2 fully saturated rings. The second-order valence-electron chi connectivity index (χ2n) is 6.06. The molecule has 0 aromatic rings. The molecule has 7 nitrogen and oxygen atoms in total. The fraction of sp³-hybridized carbons (Fsp3) is 0.867. The van der Waals surface area contributed by atoms with Gasteiger partial charge in [0, 0.05) is 25.6 Å². The minimum atomic E-state index is -0.984. The van der Waals surface area contributed by atoms with E-state index in [9.17, 15) is 14.7 Å². The van der Waals surface area contributed by atoms with Crippen LogP contribution in [0.5, 0.6) is 0 Å². The first kappa shape index (κ1) is 17.2. The molecule has 1 aliphatic heterocycles. The first-order chi connectivity index (χ1) is 10.6. The van der Waals surface area contributed by atoms with Crippen molar-refractivity contribution in [3.05, 3.63) is 0 Å². The number of hydrogen-bond acceptors (Lipinski definition) is 5. The van der Waals surface area contributed by atoms with Gasteiger partial charge in [-0.15, -0.1) is 0 Å². The van der Waals surface area contributed by atoms with Crippen LogP contribution in [0.2, 0.25) is 0 Å². The van der Waals surface area contributed by atoms with Crippen molar-refractivity contribution in [2.24, 2.45) is 0 Å². The highest BCUT2D eigenvalue weighted by atomic mass is 16.5. The summed E-state index contributed by atoms with van der Waals surface area (Å²) in [5.41, 5.74) is 0. The van der Waals surface area contributed by atoms with Crippen LogP contribution in [0, 0.1) is 0 Å². The molecule has 1 heterocycles. The quantitative estimate of drug-likeness (QED) is 0.617. The van der Waals surface area contributed by atoms with E-state index in [1.54, 1.807) is 0 Å². The van der Waals surface area contributed by atoms with Gasteiger partial charge in [-0.05, 0) is 12.8 Å². The predicted octanol–water partition coefficient (Wildman–Crippen LogP) is -0.0283.